The van der Waals surface area contributed by atoms with Crippen LogP contribution < -0.4 is 10.9 Å². The Labute approximate surface area is 217 Å². The number of imidazole rings is 1. The molecular formula is C28H38N4O5. The Kier molecular flexibility index (Phi) is 7.87. The van der Waals surface area contributed by atoms with Gasteiger partial charge in [0, 0.05) is 50.0 Å². The number of hydrogen-bond acceptors (Lipinski definition) is 7. The zero-order valence-corrected chi connectivity index (χ0v) is 22.6. The van der Waals surface area contributed by atoms with Crippen LogP contribution in [0.2, 0.25) is 0 Å². The molecule has 0 saturated carbocycles. The molecule has 4 rings (SSSR count). The fourth-order valence-corrected chi connectivity index (χ4v) is 4.72. The summed E-state index contributed by atoms with van der Waals surface area (Å²) < 4.78 is 14.9. The predicted molar refractivity (Wildman–Crippen MR) is 142 cm³/mol. The molecule has 1 aromatic carbocycles. The maximum absolute atomic E-state index is 12.6. The van der Waals surface area contributed by atoms with Gasteiger partial charge in [0.1, 0.15) is 17.5 Å². The molecule has 2 N–H and O–H groups in total. The summed E-state index contributed by atoms with van der Waals surface area (Å²) in [4.78, 5) is 29.9. The number of carbonyl (C=O) groups excluding carboxylic acids is 1. The summed E-state index contributed by atoms with van der Waals surface area (Å²) in [5, 5.41) is 13.3. The first-order chi connectivity index (χ1) is 17.4. The molecule has 200 valence electrons. The largest absolute Gasteiger partial charge is 0.459 e. The second-order valence-electron chi connectivity index (χ2n) is 11.1. The number of ether oxygens (including phenoxy) is 2. The van der Waals surface area contributed by atoms with E-state index in [1.54, 1.807) is 39.3 Å². The first kappa shape index (κ1) is 27.0. The second kappa shape index (κ2) is 10.8. The van der Waals surface area contributed by atoms with Gasteiger partial charge >= 0.3 is 5.97 Å². The highest BCUT2D eigenvalue weighted by atomic mass is 16.6. The van der Waals surface area contributed by atoms with Crippen molar-refractivity contribution in [3.63, 3.8) is 0 Å². The van der Waals surface area contributed by atoms with Gasteiger partial charge < -0.3 is 23.7 Å². The Morgan fingerprint density at radius 2 is 2.08 bits per heavy atom. The molecule has 1 aliphatic heterocycles. The molecule has 0 bridgehead atoms. The highest BCUT2D eigenvalue weighted by Gasteiger charge is 2.28. The van der Waals surface area contributed by atoms with Gasteiger partial charge in [-0.1, -0.05) is 6.07 Å². The number of pyridine rings is 1. The number of benzene rings is 1. The van der Waals surface area contributed by atoms with Crippen LogP contribution in [-0.4, -0.2) is 56.2 Å². The number of nitrogens with zero attached hydrogens (tertiary/aromatic N) is 3. The summed E-state index contributed by atoms with van der Waals surface area (Å²) in [5.41, 5.74) is 3.63. The SMILES string of the molecule is Cc1cc(-c2nc3cc(CN[C@@H](C(=O)OC(C)(C)C)[C@@H](C)O)ccc3n2C[C@H]2CCOC2)cn(C)c1=O. The summed E-state index contributed by atoms with van der Waals surface area (Å²) in [6.45, 7) is 11.4. The van der Waals surface area contributed by atoms with Gasteiger partial charge in [-0.3, -0.25) is 14.9 Å². The molecule has 9 heteroatoms. The van der Waals surface area contributed by atoms with Gasteiger partial charge in [0.15, 0.2) is 0 Å². The molecule has 3 aromatic rings. The van der Waals surface area contributed by atoms with Gasteiger partial charge in [-0.05, 0) is 64.8 Å². The highest BCUT2D eigenvalue weighted by Crippen LogP contribution is 2.28. The van der Waals surface area contributed by atoms with Crippen molar-refractivity contribution in [1.82, 2.24) is 19.4 Å². The Morgan fingerprint density at radius 3 is 2.70 bits per heavy atom. The van der Waals surface area contributed by atoms with Crippen LogP contribution in [0.3, 0.4) is 0 Å². The summed E-state index contributed by atoms with van der Waals surface area (Å²) in [6, 6.07) is 7.08. The lowest BCUT2D eigenvalue weighted by Crippen LogP contribution is -2.47. The molecule has 0 aliphatic carbocycles. The Morgan fingerprint density at radius 1 is 1.32 bits per heavy atom. The normalized spacial score (nSPS) is 17.8. The van der Waals surface area contributed by atoms with E-state index >= 15 is 0 Å². The van der Waals surface area contributed by atoms with E-state index < -0.39 is 23.7 Å². The topological polar surface area (TPSA) is 108 Å². The molecule has 3 heterocycles. The molecule has 0 spiro atoms. The minimum Gasteiger partial charge on any atom is -0.459 e. The van der Waals surface area contributed by atoms with Crippen molar-refractivity contribution in [2.24, 2.45) is 13.0 Å². The van der Waals surface area contributed by atoms with Gasteiger partial charge in [0.05, 0.1) is 23.7 Å². The van der Waals surface area contributed by atoms with Gasteiger partial charge in [0.2, 0.25) is 0 Å². The minimum absolute atomic E-state index is 0.0263. The van der Waals surface area contributed by atoms with E-state index in [2.05, 4.69) is 9.88 Å². The number of fused-ring (bicyclic) bond motifs is 1. The quantitative estimate of drug-likeness (QED) is 0.449. The number of nitrogens with one attached hydrogen (secondary N) is 1. The average Bonchev–Trinajstić information content (AvgIpc) is 3.44. The molecule has 9 nitrogen and oxygen atoms in total. The van der Waals surface area contributed by atoms with Gasteiger partial charge in [-0.2, -0.15) is 0 Å². The number of carbonyl (C=O) groups is 1. The second-order valence-corrected chi connectivity index (χ2v) is 11.1. The maximum Gasteiger partial charge on any atom is 0.326 e. The zero-order chi connectivity index (χ0) is 26.9. The molecule has 37 heavy (non-hydrogen) atoms. The third kappa shape index (κ3) is 6.29. The van der Waals surface area contributed by atoms with E-state index in [-0.39, 0.29) is 5.56 Å². The van der Waals surface area contributed by atoms with Crippen molar-refractivity contribution >= 4 is 17.0 Å². The fourth-order valence-electron chi connectivity index (χ4n) is 4.72. The summed E-state index contributed by atoms with van der Waals surface area (Å²) >= 11 is 0. The number of aryl methyl sites for hydroxylation is 2. The van der Waals surface area contributed by atoms with Crippen molar-refractivity contribution < 1.29 is 19.4 Å². The monoisotopic (exact) mass is 510 g/mol. The Balaban J connectivity index is 1.66. The van der Waals surface area contributed by atoms with Crippen molar-refractivity contribution in [3.8, 4) is 11.4 Å². The number of rotatable bonds is 8. The van der Waals surface area contributed by atoms with E-state index in [9.17, 15) is 14.7 Å². The Bertz CT molecular complexity index is 1300. The number of aromatic nitrogens is 3. The van der Waals surface area contributed by atoms with E-state index in [1.165, 1.54) is 0 Å². The number of hydrogen-bond donors (Lipinski definition) is 2. The van der Waals surface area contributed by atoms with Crippen molar-refractivity contribution in [2.75, 3.05) is 13.2 Å². The van der Waals surface area contributed by atoms with Crippen molar-refractivity contribution in [1.29, 1.82) is 0 Å². The highest BCUT2D eigenvalue weighted by molar-refractivity contribution is 5.81. The molecule has 1 aliphatic rings. The van der Waals surface area contributed by atoms with Crippen molar-refractivity contribution in [2.45, 2.75) is 71.9 Å². The molecule has 1 fully saturated rings. The van der Waals surface area contributed by atoms with Crippen LogP contribution in [-0.2, 0) is 34.4 Å². The lowest BCUT2D eigenvalue weighted by atomic mass is 10.1. The van der Waals surface area contributed by atoms with Gasteiger partial charge in [-0.25, -0.2) is 4.98 Å². The van der Waals surface area contributed by atoms with Crippen molar-refractivity contribution in [3.05, 3.63) is 51.9 Å². The number of aliphatic hydroxyl groups is 1. The number of aliphatic hydroxyl groups excluding tert-OH is 1. The molecule has 1 saturated heterocycles. The van der Waals surface area contributed by atoms with Crippen LogP contribution in [0, 0.1) is 12.8 Å². The molecular weight excluding hydrogens is 472 g/mol. The third-order valence-electron chi connectivity index (χ3n) is 6.57. The summed E-state index contributed by atoms with van der Waals surface area (Å²) in [5.74, 6) is 0.715. The lowest BCUT2D eigenvalue weighted by molar-refractivity contribution is -0.160. The van der Waals surface area contributed by atoms with E-state index in [1.807, 2.05) is 37.4 Å². The summed E-state index contributed by atoms with van der Waals surface area (Å²) in [7, 11) is 1.75. The summed E-state index contributed by atoms with van der Waals surface area (Å²) in [6.07, 6.45) is 1.92. The Hall–Kier alpha value is -3.01. The van der Waals surface area contributed by atoms with E-state index in [0.29, 0.717) is 18.0 Å². The fraction of sp³-hybridized carbons (Fsp3) is 0.536. The smallest absolute Gasteiger partial charge is 0.326 e. The van der Waals surface area contributed by atoms with Crippen LogP contribution >= 0.6 is 0 Å². The maximum atomic E-state index is 12.6. The standard InChI is InChI=1S/C28H38N4O5/c1-17-11-21(15-31(6)26(17)34)25-30-22-12-19(7-8-23(22)32(25)14-20-9-10-36-16-20)13-29-24(18(2)33)27(35)37-28(3,4)5/h7-8,11-12,15,18,20,24,29,33H,9-10,13-14,16H2,1-6H3/t18-,20-,24-/m1/s1. The molecule has 0 unspecified atom stereocenters. The number of esters is 1. The minimum atomic E-state index is -0.911. The van der Waals surface area contributed by atoms with Gasteiger partial charge in [-0.15, -0.1) is 0 Å². The van der Waals surface area contributed by atoms with Gasteiger partial charge in [0.25, 0.3) is 5.56 Å². The van der Waals surface area contributed by atoms with Crippen LogP contribution in [0.1, 0.15) is 45.2 Å². The molecule has 0 radical (unpaired) electrons. The van der Waals surface area contributed by atoms with E-state index in [0.717, 1.165) is 54.2 Å². The predicted octanol–water partition coefficient (Wildman–Crippen LogP) is 2.93. The average molecular weight is 511 g/mol. The first-order valence-corrected chi connectivity index (χ1v) is 12.8. The van der Waals surface area contributed by atoms with E-state index in [4.69, 9.17) is 14.5 Å². The molecule has 2 aromatic heterocycles. The van der Waals surface area contributed by atoms with Crippen LogP contribution in [0.5, 0.6) is 0 Å². The lowest BCUT2D eigenvalue weighted by Gasteiger charge is -2.26. The van der Waals surface area contributed by atoms with Crippen LogP contribution in [0.4, 0.5) is 0 Å². The molecule has 3 atom stereocenters. The first-order valence-electron chi connectivity index (χ1n) is 12.8. The van der Waals surface area contributed by atoms with Crippen LogP contribution in [0.15, 0.2) is 35.3 Å². The van der Waals surface area contributed by atoms with Crippen LogP contribution in [0.25, 0.3) is 22.4 Å². The third-order valence-corrected chi connectivity index (χ3v) is 6.57. The molecule has 0 amide bonds. The zero-order valence-electron chi connectivity index (χ0n) is 22.6.